The molecule has 0 saturated heterocycles. The van der Waals surface area contributed by atoms with Gasteiger partial charge in [-0.3, -0.25) is 4.90 Å². The number of unbranched alkanes of at least 4 members (excludes halogenated alkanes) is 1. The van der Waals surface area contributed by atoms with Crippen molar-refractivity contribution in [2.45, 2.75) is 39.4 Å². The van der Waals surface area contributed by atoms with Crippen LogP contribution in [0.25, 0.3) is 0 Å². The molecule has 0 aliphatic heterocycles. The summed E-state index contributed by atoms with van der Waals surface area (Å²) in [5.41, 5.74) is 0. The first-order chi connectivity index (χ1) is 5.70. The van der Waals surface area contributed by atoms with Crippen molar-refractivity contribution < 1.29 is 10.2 Å². The molecule has 0 atom stereocenters. The number of aliphatic hydroxyl groups excluding tert-OH is 1. The molecule has 0 radical (unpaired) electrons. The maximum absolute atomic E-state index is 8.76. The van der Waals surface area contributed by atoms with Gasteiger partial charge in [-0.05, 0) is 25.9 Å². The van der Waals surface area contributed by atoms with E-state index in [1.165, 1.54) is 0 Å². The van der Waals surface area contributed by atoms with Crippen LogP contribution in [0.4, 0.5) is 0 Å². The zero-order valence-electron chi connectivity index (χ0n) is 8.16. The van der Waals surface area contributed by atoms with Gasteiger partial charge in [0.25, 0.3) is 0 Å². The van der Waals surface area contributed by atoms with Gasteiger partial charge in [-0.2, -0.15) is 0 Å². The molecule has 0 aliphatic rings. The van der Waals surface area contributed by atoms with E-state index >= 15 is 0 Å². The third-order valence-electron chi connectivity index (χ3n) is 1.79. The fourth-order valence-corrected chi connectivity index (χ4v) is 1.22. The Kier molecular flexibility index (Phi) is 7.45. The first kappa shape index (κ1) is 11.9. The van der Waals surface area contributed by atoms with Crippen molar-refractivity contribution >= 4 is 0 Å². The lowest BCUT2D eigenvalue weighted by Crippen LogP contribution is -2.33. The fraction of sp³-hybridized carbons (Fsp3) is 1.00. The summed E-state index contributed by atoms with van der Waals surface area (Å²) in [6.45, 7) is 6.55. The van der Waals surface area contributed by atoms with Gasteiger partial charge in [-0.1, -0.05) is 20.3 Å². The Hall–Kier alpha value is -0.120. The van der Waals surface area contributed by atoms with Crippen LogP contribution in [0, 0.1) is 0 Å². The zero-order valence-corrected chi connectivity index (χ0v) is 8.16. The third kappa shape index (κ3) is 6.58. The minimum Gasteiger partial charge on any atom is -0.367 e. The highest BCUT2D eigenvalue weighted by Crippen LogP contribution is 1.97. The smallest absolute Gasteiger partial charge is 0.164 e. The maximum atomic E-state index is 8.76. The van der Waals surface area contributed by atoms with Crippen molar-refractivity contribution in [3.05, 3.63) is 0 Å². The van der Waals surface area contributed by atoms with E-state index in [0.29, 0.717) is 6.54 Å². The van der Waals surface area contributed by atoms with Crippen LogP contribution in [0.2, 0.25) is 0 Å². The van der Waals surface area contributed by atoms with Gasteiger partial charge in [0.2, 0.25) is 0 Å². The van der Waals surface area contributed by atoms with Crippen molar-refractivity contribution in [2.24, 2.45) is 0 Å². The van der Waals surface area contributed by atoms with Gasteiger partial charge in [-0.25, -0.2) is 0 Å². The average Bonchev–Trinajstić information content (AvgIpc) is 2.00. The van der Waals surface area contributed by atoms with Crippen LogP contribution in [-0.2, 0) is 0 Å². The summed E-state index contributed by atoms with van der Waals surface area (Å²) in [4.78, 5) is 2.09. The van der Waals surface area contributed by atoms with Gasteiger partial charge in [0.05, 0.1) is 0 Å². The van der Waals surface area contributed by atoms with Crippen LogP contribution in [0.5, 0.6) is 0 Å². The van der Waals surface area contributed by atoms with Gasteiger partial charge in [0, 0.05) is 6.54 Å². The fourth-order valence-electron chi connectivity index (χ4n) is 1.22. The number of nitrogens with zero attached hydrogens (tertiary/aromatic N) is 1. The Morgan fingerprint density at radius 1 is 1.08 bits per heavy atom. The molecule has 0 spiro atoms. The molecule has 3 heteroatoms. The lowest BCUT2D eigenvalue weighted by molar-refractivity contribution is -0.0613. The van der Waals surface area contributed by atoms with E-state index in [1.807, 2.05) is 0 Å². The lowest BCUT2D eigenvalue weighted by Gasteiger charge is -2.21. The van der Waals surface area contributed by atoms with E-state index in [9.17, 15) is 0 Å². The van der Waals surface area contributed by atoms with Crippen molar-refractivity contribution in [2.75, 3.05) is 19.6 Å². The summed E-state index contributed by atoms with van der Waals surface area (Å²) in [6.07, 6.45) is 2.17. The van der Waals surface area contributed by atoms with Crippen LogP contribution in [0.3, 0.4) is 0 Å². The largest absolute Gasteiger partial charge is 0.367 e. The van der Waals surface area contributed by atoms with Crippen LogP contribution < -0.4 is 0 Å². The number of rotatable bonds is 7. The Morgan fingerprint density at radius 2 is 1.75 bits per heavy atom. The van der Waals surface area contributed by atoms with Gasteiger partial charge < -0.3 is 10.2 Å². The first-order valence-electron chi connectivity index (χ1n) is 4.79. The number of hydrogen-bond acceptors (Lipinski definition) is 3. The SMILES string of the molecule is CCCCN(CCC)CC(O)O. The minimum absolute atomic E-state index is 0.383. The second-order valence-electron chi connectivity index (χ2n) is 3.13. The molecule has 0 rings (SSSR count). The molecule has 74 valence electrons. The molecule has 0 aromatic carbocycles. The van der Waals surface area contributed by atoms with Gasteiger partial charge in [-0.15, -0.1) is 0 Å². The molecule has 0 aromatic rings. The highest BCUT2D eigenvalue weighted by molar-refractivity contribution is 4.57. The molecule has 0 aromatic heterocycles. The van der Waals surface area contributed by atoms with Crippen LogP contribution >= 0.6 is 0 Å². The Balaban J connectivity index is 3.54. The topological polar surface area (TPSA) is 43.7 Å². The molecule has 12 heavy (non-hydrogen) atoms. The monoisotopic (exact) mass is 175 g/mol. The lowest BCUT2D eigenvalue weighted by atomic mass is 10.3. The number of hydrogen-bond donors (Lipinski definition) is 2. The van der Waals surface area contributed by atoms with E-state index in [1.54, 1.807) is 0 Å². The van der Waals surface area contributed by atoms with E-state index < -0.39 is 6.29 Å². The highest BCUT2D eigenvalue weighted by Gasteiger charge is 2.06. The molecule has 0 fully saturated rings. The third-order valence-corrected chi connectivity index (χ3v) is 1.79. The zero-order chi connectivity index (χ0) is 9.40. The molecule has 0 unspecified atom stereocenters. The Labute approximate surface area is 75.0 Å². The van der Waals surface area contributed by atoms with Crippen molar-refractivity contribution in [3.63, 3.8) is 0 Å². The predicted molar refractivity (Wildman–Crippen MR) is 49.9 cm³/mol. The summed E-state index contributed by atoms with van der Waals surface area (Å²) < 4.78 is 0. The van der Waals surface area contributed by atoms with E-state index in [-0.39, 0.29) is 0 Å². The molecule has 3 nitrogen and oxygen atoms in total. The van der Waals surface area contributed by atoms with E-state index in [4.69, 9.17) is 10.2 Å². The molecular weight excluding hydrogens is 154 g/mol. The Morgan fingerprint density at radius 3 is 2.17 bits per heavy atom. The maximum Gasteiger partial charge on any atom is 0.164 e. The molecule has 0 aliphatic carbocycles. The molecule has 0 amide bonds. The van der Waals surface area contributed by atoms with E-state index in [0.717, 1.165) is 32.4 Å². The molecular formula is C9H21NO2. The molecule has 0 saturated carbocycles. The summed E-state index contributed by atoms with van der Waals surface area (Å²) in [7, 11) is 0. The minimum atomic E-state index is -1.19. The first-order valence-corrected chi connectivity index (χ1v) is 4.79. The van der Waals surface area contributed by atoms with Crippen LogP contribution in [0.15, 0.2) is 0 Å². The predicted octanol–water partition coefficient (Wildman–Crippen LogP) is 0.809. The summed E-state index contributed by atoms with van der Waals surface area (Å²) in [6, 6.07) is 0. The van der Waals surface area contributed by atoms with Crippen LogP contribution in [0.1, 0.15) is 33.1 Å². The van der Waals surface area contributed by atoms with Gasteiger partial charge >= 0.3 is 0 Å². The molecule has 0 bridgehead atoms. The number of aliphatic hydroxyl groups is 2. The quantitative estimate of drug-likeness (QED) is 0.563. The van der Waals surface area contributed by atoms with Gasteiger partial charge in [0.15, 0.2) is 6.29 Å². The average molecular weight is 175 g/mol. The summed E-state index contributed by atoms with van der Waals surface area (Å²) in [5, 5.41) is 17.5. The van der Waals surface area contributed by atoms with E-state index in [2.05, 4.69) is 18.7 Å². The van der Waals surface area contributed by atoms with Crippen molar-refractivity contribution in [3.8, 4) is 0 Å². The van der Waals surface area contributed by atoms with Crippen molar-refractivity contribution in [1.82, 2.24) is 4.90 Å². The normalized spacial score (nSPS) is 11.5. The summed E-state index contributed by atoms with van der Waals surface area (Å²) in [5.74, 6) is 0. The molecule has 2 N–H and O–H groups in total. The summed E-state index contributed by atoms with van der Waals surface area (Å²) >= 11 is 0. The highest BCUT2D eigenvalue weighted by atomic mass is 16.5. The standard InChI is InChI=1S/C9H21NO2/c1-3-5-7-10(6-4-2)8-9(11)12/h9,11-12H,3-8H2,1-2H3. The van der Waals surface area contributed by atoms with Crippen LogP contribution in [-0.4, -0.2) is 41.0 Å². The second kappa shape index (κ2) is 7.53. The second-order valence-corrected chi connectivity index (χ2v) is 3.13. The Bertz CT molecular complexity index is 96.5. The molecule has 0 heterocycles. The van der Waals surface area contributed by atoms with Crippen molar-refractivity contribution in [1.29, 1.82) is 0 Å². The van der Waals surface area contributed by atoms with Gasteiger partial charge in [0.1, 0.15) is 0 Å².